The van der Waals surface area contributed by atoms with Crippen molar-refractivity contribution in [2.75, 3.05) is 14.1 Å². The summed E-state index contributed by atoms with van der Waals surface area (Å²) < 4.78 is 6.04. The van der Waals surface area contributed by atoms with Crippen LogP contribution in [0.2, 0.25) is 0 Å². The zero-order valence-electron chi connectivity index (χ0n) is 12.2. The molecule has 100 valence electrons. The molecule has 1 rings (SSSR count). The molecular formula is C13H27N3O. The number of hydrogen-bond acceptors (Lipinski definition) is 2. The van der Waals surface area contributed by atoms with Crippen molar-refractivity contribution >= 4 is 5.96 Å². The van der Waals surface area contributed by atoms with Crippen LogP contribution in [0.1, 0.15) is 41.0 Å². The Hall–Kier alpha value is -0.770. The summed E-state index contributed by atoms with van der Waals surface area (Å²) in [6.07, 6.45) is 1.23. The van der Waals surface area contributed by atoms with Gasteiger partial charge in [0.05, 0.1) is 17.7 Å². The number of aliphatic imine (C=N–C) groups is 1. The number of guanidine groups is 1. The van der Waals surface area contributed by atoms with Crippen molar-refractivity contribution in [3.8, 4) is 0 Å². The molecule has 4 nitrogen and oxygen atoms in total. The van der Waals surface area contributed by atoms with Gasteiger partial charge in [-0.05, 0) is 27.2 Å². The molecule has 2 N–H and O–H groups in total. The van der Waals surface area contributed by atoms with E-state index in [1.807, 2.05) is 19.0 Å². The molecule has 0 bridgehead atoms. The highest BCUT2D eigenvalue weighted by atomic mass is 16.5. The molecule has 0 aromatic rings. The lowest BCUT2D eigenvalue weighted by Crippen LogP contribution is -2.56. The van der Waals surface area contributed by atoms with Crippen molar-refractivity contribution in [2.45, 2.75) is 58.8 Å². The quantitative estimate of drug-likeness (QED) is 0.593. The van der Waals surface area contributed by atoms with E-state index in [-0.39, 0.29) is 23.2 Å². The molecule has 17 heavy (non-hydrogen) atoms. The largest absolute Gasteiger partial charge is 0.372 e. The van der Waals surface area contributed by atoms with Gasteiger partial charge in [0.15, 0.2) is 5.96 Å². The van der Waals surface area contributed by atoms with Gasteiger partial charge in [0.25, 0.3) is 0 Å². The highest BCUT2D eigenvalue weighted by molar-refractivity contribution is 5.77. The zero-order chi connectivity index (χ0) is 13.4. The van der Waals surface area contributed by atoms with Crippen molar-refractivity contribution in [3.63, 3.8) is 0 Å². The van der Waals surface area contributed by atoms with E-state index in [1.54, 1.807) is 0 Å². The molecule has 0 aliphatic heterocycles. The fourth-order valence-electron chi connectivity index (χ4n) is 1.99. The van der Waals surface area contributed by atoms with Gasteiger partial charge in [-0.25, -0.2) is 4.99 Å². The number of nitrogens with zero attached hydrogens (tertiary/aromatic N) is 2. The first-order valence-corrected chi connectivity index (χ1v) is 6.22. The molecule has 1 aliphatic carbocycles. The topological polar surface area (TPSA) is 50.8 Å². The molecule has 0 aromatic carbocycles. The van der Waals surface area contributed by atoms with E-state index < -0.39 is 0 Å². The van der Waals surface area contributed by atoms with E-state index >= 15 is 0 Å². The summed E-state index contributed by atoms with van der Waals surface area (Å²) in [6, 6.07) is 0.261. The summed E-state index contributed by atoms with van der Waals surface area (Å²) in [5, 5.41) is 0. The van der Waals surface area contributed by atoms with Gasteiger partial charge in [-0.1, -0.05) is 13.8 Å². The summed E-state index contributed by atoms with van der Waals surface area (Å²) in [6.45, 7) is 10.7. The number of hydrogen-bond donors (Lipinski definition) is 1. The van der Waals surface area contributed by atoms with E-state index in [4.69, 9.17) is 10.5 Å². The van der Waals surface area contributed by atoms with Crippen molar-refractivity contribution < 1.29 is 4.74 Å². The smallest absolute Gasteiger partial charge is 0.191 e. The summed E-state index contributed by atoms with van der Waals surface area (Å²) in [4.78, 5) is 6.40. The first-order chi connectivity index (χ1) is 7.54. The summed E-state index contributed by atoms with van der Waals surface area (Å²) in [7, 11) is 3.82. The summed E-state index contributed by atoms with van der Waals surface area (Å²) in [5.41, 5.74) is 5.83. The van der Waals surface area contributed by atoms with Crippen molar-refractivity contribution in [1.82, 2.24) is 4.90 Å². The Balaban J connectivity index is 2.64. The van der Waals surface area contributed by atoms with Crippen LogP contribution >= 0.6 is 0 Å². The Bertz CT molecular complexity index is 302. The van der Waals surface area contributed by atoms with Crippen molar-refractivity contribution in [1.29, 1.82) is 0 Å². The third-order valence-corrected chi connectivity index (χ3v) is 3.37. The fourth-order valence-corrected chi connectivity index (χ4v) is 1.99. The van der Waals surface area contributed by atoms with E-state index in [0.717, 1.165) is 6.42 Å². The lowest BCUT2D eigenvalue weighted by molar-refractivity contribution is -0.166. The Kier molecular flexibility index (Phi) is 3.77. The van der Waals surface area contributed by atoms with Gasteiger partial charge in [0.1, 0.15) is 0 Å². The molecule has 0 saturated heterocycles. The lowest BCUT2D eigenvalue weighted by Gasteiger charge is -2.51. The van der Waals surface area contributed by atoms with E-state index in [1.165, 1.54) is 0 Å². The molecule has 1 aliphatic rings. The first-order valence-electron chi connectivity index (χ1n) is 6.22. The van der Waals surface area contributed by atoms with Gasteiger partial charge in [-0.15, -0.1) is 0 Å². The normalized spacial score (nSPS) is 28.8. The number of rotatable bonds is 2. The van der Waals surface area contributed by atoms with Crippen LogP contribution in [0.3, 0.4) is 0 Å². The second-order valence-corrected chi connectivity index (χ2v) is 6.67. The highest BCUT2D eigenvalue weighted by Crippen LogP contribution is 2.46. The minimum Gasteiger partial charge on any atom is -0.372 e. The predicted molar refractivity (Wildman–Crippen MR) is 72.1 cm³/mol. The third kappa shape index (κ3) is 3.35. The molecule has 0 aromatic heterocycles. The fraction of sp³-hybridized carbons (Fsp3) is 0.923. The summed E-state index contributed by atoms with van der Waals surface area (Å²) >= 11 is 0. The Labute approximate surface area is 105 Å². The van der Waals surface area contributed by atoms with E-state index in [9.17, 15) is 0 Å². The van der Waals surface area contributed by atoms with Crippen molar-refractivity contribution in [2.24, 2.45) is 16.1 Å². The van der Waals surface area contributed by atoms with Crippen LogP contribution < -0.4 is 5.73 Å². The molecule has 0 heterocycles. The van der Waals surface area contributed by atoms with E-state index in [2.05, 4.69) is 39.6 Å². The Morgan fingerprint density at radius 2 is 1.88 bits per heavy atom. The molecule has 0 amide bonds. The number of ether oxygens (including phenoxy) is 1. The van der Waals surface area contributed by atoms with Gasteiger partial charge >= 0.3 is 0 Å². The minimum absolute atomic E-state index is 0.0634. The van der Waals surface area contributed by atoms with Gasteiger partial charge in [0, 0.05) is 19.5 Å². The highest BCUT2D eigenvalue weighted by Gasteiger charge is 2.50. The maximum atomic E-state index is 6.04. The maximum Gasteiger partial charge on any atom is 0.191 e. The molecule has 2 atom stereocenters. The maximum absolute atomic E-state index is 6.04. The lowest BCUT2D eigenvalue weighted by atomic mass is 9.64. The Morgan fingerprint density at radius 1 is 1.35 bits per heavy atom. The SMILES string of the molecule is CN(C)C(N)=N[C@@H]1C[C@H](OC(C)(C)C)C1(C)C. The van der Waals surface area contributed by atoms with Crippen LogP contribution in [0.4, 0.5) is 0 Å². The number of nitrogens with two attached hydrogens (primary N) is 1. The first kappa shape index (κ1) is 14.3. The summed E-state index contributed by atoms with van der Waals surface area (Å²) in [5.74, 6) is 0.595. The van der Waals surface area contributed by atoms with Crippen LogP contribution in [-0.4, -0.2) is 42.7 Å². The van der Waals surface area contributed by atoms with Crippen LogP contribution in [0.5, 0.6) is 0 Å². The molecule has 0 unspecified atom stereocenters. The molecular weight excluding hydrogens is 214 g/mol. The van der Waals surface area contributed by atoms with Gasteiger partial charge in [0.2, 0.25) is 0 Å². The predicted octanol–water partition coefficient (Wildman–Crippen LogP) is 1.84. The van der Waals surface area contributed by atoms with Gasteiger partial charge in [-0.3, -0.25) is 0 Å². The van der Waals surface area contributed by atoms with E-state index in [0.29, 0.717) is 5.96 Å². The van der Waals surface area contributed by atoms with Gasteiger partial charge < -0.3 is 15.4 Å². The van der Waals surface area contributed by atoms with Gasteiger partial charge in [-0.2, -0.15) is 0 Å². The second-order valence-electron chi connectivity index (χ2n) is 6.67. The Morgan fingerprint density at radius 3 is 2.24 bits per heavy atom. The minimum atomic E-state index is -0.0935. The molecule has 1 saturated carbocycles. The standard InChI is InChI=1S/C13H27N3O/c1-12(2,3)17-10-8-9(13(10,4)5)15-11(14)16(6)7/h9-10H,8H2,1-7H3,(H2,14,15)/t9-,10+/m1/s1. The zero-order valence-corrected chi connectivity index (χ0v) is 12.2. The molecule has 0 radical (unpaired) electrons. The molecule has 1 fully saturated rings. The van der Waals surface area contributed by atoms with Crippen LogP contribution in [0.25, 0.3) is 0 Å². The van der Waals surface area contributed by atoms with Crippen molar-refractivity contribution in [3.05, 3.63) is 0 Å². The second kappa shape index (κ2) is 4.48. The molecule has 0 spiro atoms. The average Bonchev–Trinajstić information content (AvgIpc) is 2.13. The average molecular weight is 241 g/mol. The molecule has 4 heteroatoms. The monoisotopic (exact) mass is 241 g/mol. The van der Waals surface area contributed by atoms with Crippen LogP contribution in [-0.2, 0) is 4.74 Å². The van der Waals surface area contributed by atoms with Crippen LogP contribution in [0.15, 0.2) is 4.99 Å². The third-order valence-electron chi connectivity index (χ3n) is 3.37. The van der Waals surface area contributed by atoms with Crippen LogP contribution in [0, 0.1) is 5.41 Å².